The summed E-state index contributed by atoms with van der Waals surface area (Å²) in [6, 6.07) is 0. The lowest BCUT2D eigenvalue weighted by Crippen LogP contribution is -2.30. The molecule has 0 amide bonds. The average Bonchev–Trinajstić information content (AvgIpc) is 2.07. The van der Waals surface area contributed by atoms with Crippen LogP contribution in [0.5, 0.6) is 0 Å². The second-order valence-electron chi connectivity index (χ2n) is 3.40. The van der Waals surface area contributed by atoms with Crippen LogP contribution in [-0.2, 0) is 0 Å². The number of halogens is 2. The van der Waals surface area contributed by atoms with Gasteiger partial charge in [-0.15, -0.1) is 24.8 Å². The van der Waals surface area contributed by atoms with Gasteiger partial charge in [0.1, 0.15) is 0 Å². The molecular weight excluding hydrogens is 207 g/mol. The molecule has 0 radical (unpaired) electrons. The van der Waals surface area contributed by atoms with E-state index < -0.39 is 0 Å². The van der Waals surface area contributed by atoms with Gasteiger partial charge in [-0.2, -0.15) is 0 Å². The number of rotatable bonds is 4. The number of nitrogens with zero attached hydrogens (tertiary/aromatic N) is 1. The van der Waals surface area contributed by atoms with E-state index >= 15 is 0 Å². The summed E-state index contributed by atoms with van der Waals surface area (Å²) in [5.74, 6) is 0. The molecule has 0 aromatic heterocycles. The average molecular weight is 229 g/mol. The van der Waals surface area contributed by atoms with Gasteiger partial charge in [-0.25, -0.2) is 0 Å². The smallest absolute Gasteiger partial charge is 0.00183 e. The van der Waals surface area contributed by atoms with Crippen molar-refractivity contribution in [3.63, 3.8) is 0 Å². The van der Waals surface area contributed by atoms with Gasteiger partial charge in [0.2, 0.25) is 0 Å². The lowest BCUT2D eigenvalue weighted by molar-refractivity contribution is 0.225. The number of hydrogen-bond acceptors (Lipinski definition) is 2. The van der Waals surface area contributed by atoms with Crippen LogP contribution in [0, 0.1) is 0 Å². The molecule has 0 unspecified atom stereocenters. The van der Waals surface area contributed by atoms with Crippen molar-refractivity contribution in [2.75, 3.05) is 26.2 Å². The highest BCUT2D eigenvalue weighted by Crippen LogP contribution is 2.08. The lowest BCUT2D eigenvalue weighted by Gasteiger charge is -2.26. The van der Waals surface area contributed by atoms with E-state index in [1.165, 1.54) is 51.7 Å². The van der Waals surface area contributed by atoms with Gasteiger partial charge in [-0.05, 0) is 51.9 Å². The molecule has 13 heavy (non-hydrogen) atoms. The monoisotopic (exact) mass is 228 g/mol. The molecule has 82 valence electrons. The largest absolute Gasteiger partial charge is 0.330 e. The third-order valence-electron chi connectivity index (χ3n) is 2.38. The highest BCUT2D eigenvalue weighted by molar-refractivity contribution is 5.85. The van der Waals surface area contributed by atoms with Crippen molar-refractivity contribution in [3.05, 3.63) is 0 Å². The summed E-state index contributed by atoms with van der Waals surface area (Å²) in [5.41, 5.74) is 5.43. The standard InChI is InChI=1S/C9H20N2.2ClH/c10-6-2-5-9-11-7-3-1-4-8-11;;/h1-10H2;2*1H. The Hall–Kier alpha value is 0.500. The Labute approximate surface area is 94.1 Å². The maximum absolute atomic E-state index is 5.43. The summed E-state index contributed by atoms with van der Waals surface area (Å²) in [7, 11) is 0. The number of nitrogens with two attached hydrogens (primary N) is 1. The van der Waals surface area contributed by atoms with Gasteiger partial charge in [-0.1, -0.05) is 6.42 Å². The molecule has 2 N–H and O–H groups in total. The second kappa shape index (κ2) is 10.6. The number of piperidine rings is 1. The topological polar surface area (TPSA) is 29.3 Å². The number of likely N-dealkylation sites (tertiary alicyclic amines) is 1. The van der Waals surface area contributed by atoms with Crippen molar-refractivity contribution < 1.29 is 0 Å². The van der Waals surface area contributed by atoms with Crippen LogP contribution >= 0.6 is 24.8 Å². The molecule has 0 aliphatic carbocycles. The van der Waals surface area contributed by atoms with Crippen LogP contribution in [0.3, 0.4) is 0 Å². The molecule has 0 bridgehead atoms. The van der Waals surface area contributed by atoms with E-state index in [1.54, 1.807) is 0 Å². The molecule has 1 aliphatic rings. The summed E-state index contributed by atoms with van der Waals surface area (Å²) in [6.45, 7) is 4.78. The van der Waals surface area contributed by atoms with Crippen LogP contribution in [0.4, 0.5) is 0 Å². The van der Waals surface area contributed by atoms with Gasteiger partial charge in [0.05, 0.1) is 0 Å². The molecule has 0 aromatic rings. The highest BCUT2D eigenvalue weighted by atomic mass is 35.5. The molecule has 1 fully saturated rings. The molecule has 1 rings (SSSR count). The predicted molar refractivity (Wildman–Crippen MR) is 63.1 cm³/mol. The van der Waals surface area contributed by atoms with Crippen molar-refractivity contribution in [2.24, 2.45) is 5.73 Å². The second-order valence-corrected chi connectivity index (χ2v) is 3.40. The Morgan fingerprint density at radius 1 is 0.923 bits per heavy atom. The normalized spacial score (nSPS) is 17.3. The molecule has 0 aromatic carbocycles. The zero-order chi connectivity index (χ0) is 7.94. The first-order valence-electron chi connectivity index (χ1n) is 4.86. The number of hydrogen-bond donors (Lipinski definition) is 1. The molecule has 1 saturated heterocycles. The van der Waals surface area contributed by atoms with Gasteiger partial charge < -0.3 is 10.6 Å². The van der Waals surface area contributed by atoms with Crippen LogP contribution in [-0.4, -0.2) is 31.1 Å². The minimum atomic E-state index is 0. The summed E-state index contributed by atoms with van der Waals surface area (Å²) >= 11 is 0. The summed E-state index contributed by atoms with van der Waals surface area (Å²) in [5, 5.41) is 0. The zero-order valence-electron chi connectivity index (χ0n) is 8.21. The molecule has 4 heteroatoms. The summed E-state index contributed by atoms with van der Waals surface area (Å²) < 4.78 is 0. The first kappa shape index (κ1) is 15.9. The highest BCUT2D eigenvalue weighted by Gasteiger charge is 2.08. The van der Waals surface area contributed by atoms with E-state index in [4.69, 9.17) is 5.73 Å². The minimum Gasteiger partial charge on any atom is -0.330 e. The van der Waals surface area contributed by atoms with Gasteiger partial charge in [-0.3, -0.25) is 0 Å². The Bertz CT molecular complexity index is 95.6. The van der Waals surface area contributed by atoms with Crippen LogP contribution in [0.25, 0.3) is 0 Å². The van der Waals surface area contributed by atoms with Crippen LogP contribution < -0.4 is 5.73 Å². The van der Waals surface area contributed by atoms with Crippen molar-refractivity contribution in [2.45, 2.75) is 32.1 Å². The van der Waals surface area contributed by atoms with Gasteiger partial charge in [0.15, 0.2) is 0 Å². The molecule has 0 atom stereocenters. The zero-order valence-corrected chi connectivity index (χ0v) is 9.84. The fourth-order valence-electron chi connectivity index (χ4n) is 1.66. The van der Waals surface area contributed by atoms with Gasteiger partial charge in [0.25, 0.3) is 0 Å². The van der Waals surface area contributed by atoms with E-state index in [-0.39, 0.29) is 24.8 Å². The van der Waals surface area contributed by atoms with E-state index in [9.17, 15) is 0 Å². The summed E-state index contributed by atoms with van der Waals surface area (Å²) in [6.07, 6.45) is 6.73. The molecular formula is C9H22Cl2N2. The van der Waals surface area contributed by atoms with E-state index in [1.807, 2.05) is 0 Å². The van der Waals surface area contributed by atoms with Crippen molar-refractivity contribution in [1.82, 2.24) is 4.90 Å². The van der Waals surface area contributed by atoms with Gasteiger partial charge >= 0.3 is 0 Å². The Kier molecular flexibility index (Phi) is 13.0. The van der Waals surface area contributed by atoms with Crippen LogP contribution in [0.15, 0.2) is 0 Å². The first-order chi connectivity index (χ1) is 5.43. The molecule has 1 heterocycles. The van der Waals surface area contributed by atoms with Gasteiger partial charge in [0, 0.05) is 0 Å². The fraction of sp³-hybridized carbons (Fsp3) is 1.00. The van der Waals surface area contributed by atoms with Crippen molar-refractivity contribution >= 4 is 24.8 Å². The molecule has 0 spiro atoms. The van der Waals surface area contributed by atoms with Crippen LogP contribution in [0.1, 0.15) is 32.1 Å². The van der Waals surface area contributed by atoms with Crippen molar-refractivity contribution in [1.29, 1.82) is 0 Å². The lowest BCUT2D eigenvalue weighted by atomic mass is 10.1. The Morgan fingerprint density at radius 2 is 1.54 bits per heavy atom. The summed E-state index contributed by atoms with van der Waals surface area (Å²) in [4.78, 5) is 2.57. The Morgan fingerprint density at radius 3 is 2.08 bits per heavy atom. The van der Waals surface area contributed by atoms with E-state index in [2.05, 4.69) is 4.90 Å². The third-order valence-corrected chi connectivity index (χ3v) is 2.38. The maximum atomic E-state index is 5.43. The Balaban J connectivity index is 0. The molecule has 2 nitrogen and oxygen atoms in total. The van der Waals surface area contributed by atoms with E-state index in [0.29, 0.717) is 0 Å². The van der Waals surface area contributed by atoms with Crippen molar-refractivity contribution in [3.8, 4) is 0 Å². The first-order valence-corrected chi connectivity index (χ1v) is 4.86. The third kappa shape index (κ3) is 7.56. The fourth-order valence-corrected chi connectivity index (χ4v) is 1.66. The van der Waals surface area contributed by atoms with Crippen LogP contribution in [0.2, 0.25) is 0 Å². The maximum Gasteiger partial charge on any atom is -0.00183 e. The molecule has 0 saturated carbocycles. The predicted octanol–water partition coefficient (Wildman–Crippen LogP) is 2.05. The van der Waals surface area contributed by atoms with E-state index in [0.717, 1.165) is 6.54 Å². The minimum absolute atomic E-state index is 0. The quantitative estimate of drug-likeness (QED) is 0.747. The SMILES string of the molecule is Cl.Cl.NCCCCN1CCCCC1. The molecule has 1 aliphatic heterocycles. The number of unbranched alkanes of at least 4 members (excludes halogenated alkanes) is 1.